The van der Waals surface area contributed by atoms with E-state index >= 15 is 0 Å². The van der Waals surface area contributed by atoms with Crippen molar-refractivity contribution in [1.82, 2.24) is 4.72 Å². The summed E-state index contributed by atoms with van der Waals surface area (Å²) in [6.07, 6.45) is 10.4. The zero-order valence-corrected chi connectivity index (χ0v) is 108. The number of hydrogen-bond donors (Lipinski definition) is 5. The zero-order chi connectivity index (χ0) is 119. The highest BCUT2D eigenvalue weighted by Gasteiger charge is 2.27. The second-order valence-corrected chi connectivity index (χ2v) is 58.6. The van der Waals surface area contributed by atoms with E-state index in [0.717, 1.165) is 70.2 Å². The predicted octanol–water partition coefficient (Wildman–Crippen LogP) is 38.9. The third-order valence-corrected chi connectivity index (χ3v) is 23.1. The van der Waals surface area contributed by atoms with Crippen molar-refractivity contribution in [3.05, 3.63) is 346 Å². The van der Waals surface area contributed by atoms with Crippen LogP contribution in [-0.2, 0) is 83.3 Å². The van der Waals surface area contributed by atoms with E-state index in [1.807, 2.05) is 72.7 Å². The Morgan fingerprint density at radius 1 is 0.349 bits per heavy atom. The van der Waals surface area contributed by atoms with E-state index in [0.29, 0.717) is 43.4 Å². The number of carboxylic acid groups (broad SMARTS) is 1. The Labute approximate surface area is 938 Å². The molecule has 0 aliphatic heterocycles. The number of sulfonamides is 1. The molecule has 0 spiro atoms. The maximum atomic E-state index is 10.5. The summed E-state index contributed by atoms with van der Waals surface area (Å²) in [4.78, 5) is 26.9. The van der Waals surface area contributed by atoms with Gasteiger partial charge in [-0.2, -0.15) is 8.42 Å². The van der Waals surface area contributed by atoms with Crippen molar-refractivity contribution in [2.75, 3.05) is 51.1 Å². The molecule has 9 aromatic rings. The second-order valence-electron chi connectivity index (χ2n) is 51.9. The Balaban J connectivity index is -0.000000201. The molecule has 9 aromatic carbocycles. The lowest BCUT2D eigenvalue weighted by molar-refractivity contribution is -0.917. The van der Waals surface area contributed by atoms with Crippen LogP contribution in [0.25, 0.3) is 0 Å². The second kappa shape index (κ2) is 79.0. The topological polar surface area (TPSA) is 195 Å². The maximum Gasteiger partial charge on any atom is 0.326 e. The zero-order valence-electron chi connectivity index (χ0n) is 103. The number of halogens is 4. The fourth-order valence-corrected chi connectivity index (χ4v) is 15.5. The van der Waals surface area contributed by atoms with Gasteiger partial charge in [0.05, 0.1) is 51.3 Å². The van der Waals surface area contributed by atoms with Gasteiger partial charge in [-0.05, 0) is 209 Å². The van der Waals surface area contributed by atoms with E-state index in [-0.39, 0.29) is 45.5 Å². The van der Waals surface area contributed by atoms with Gasteiger partial charge in [0.2, 0.25) is 10.0 Å². The molecular weight excluding hydrogens is 1990 g/mol. The fraction of sp³-hybridized carbons (Fsp3) is 0.546. The van der Waals surface area contributed by atoms with Gasteiger partial charge in [-0.1, -0.05) is 533 Å². The minimum absolute atomic E-state index is 0.0417. The molecule has 0 atom stereocenters. The van der Waals surface area contributed by atoms with E-state index < -0.39 is 33.7 Å². The van der Waals surface area contributed by atoms with Crippen LogP contribution in [0.3, 0.4) is 0 Å². The molecule has 0 heterocycles. The SMILES string of the molecule is C=CC.C=CC.CC(C)(C)CC(=O)O.CC(C)(C)CP(=O)(O)O.CC(C)(C)CS(=O)(=O)O.CC(C)(C)Cc1c(Cl)cccc1Cl.CC(C)(C)Cc1ccccc1.CC(C)(C)Cc1ccccc1.CC(C)(C)Cc1ccccc1.CC(C)(C)NS(C)(=O)=O.CC(C)(C)[N+](C)(C)C.CC(C)(C)c1ccccc1.CC(C)(C)c1ccccc1.CC(C)(C)c1ccccc1.CC(C)(C)c1ccccc1.CCCl.CCCl.CCc1ccccc1. The number of rotatable bonds is 9. The van der Waals surface area contributed by atoms with Crippen molar-refractivity contribution in [3.8, 4) is 0 Å². The van der Waals surface area contributed by atoms with Crippen LogP contribution in [0.1, 0.15) is 361 Å². The number of benzene rings is 9. The lowest BCUT2D eigenvalue weighted by Crippen LogP contribution is -2.50. The summed E-state index contributed by atoms with van der Waals surface area (Å²) in [7, 11) is -3.98. The van der Waals surface area contributed by atoms with Crippen LogP contribution < -0.4 is 4.72 Å². The molecule has 19 heteroatoms. The molecular formula is C130H218Cl4N2O10PS2+. The highest BCUT2D eigenvalue weighted by atomic mass is 35.5. The highest BCUT2D eigenvalue weighted by Crippen LogP contribution is 2.41. The van der Waals surface area contributed by atoms with Gasteiger partial charge >= 0.3 is 13.6 Å². The largest absolute Gasteiger partial charge is 0.481 e. The van der Waals surface area contributed by atoms with Crippen molar-refractivity contribution < 1.29 is 50.1 Å². The van der Waals surface area contributed by atoms with Gasteiger partial charge in [-0.25, -0.2) is 13.1 Å². The summed E-state index contributed by atoms with van der Waals surface area (Å²) in [6.45, 7) is 98.5. The Hall–Kier alpha value is -6.98. The van der Waals surface area contributed by atoms with Gasteiger partial charge in [0.15, 0.2) is 0 Å². The lowest BCUT2D eigenvalue weighted by Gasteiger charge is -2.38. The summed E-state index contributed by atoms with van der Waals surface area (Å²) in [5.41, 5.74) is 14.3. The number of aliphatic carboxylic acids is 1. The number of carboxylic acids is 1. The summed E-state index contributed by atoms with van der Waals surface area (Å²) in [6, 6.07) is 90.2. The van der Waals surface area contributed by atoms with Crippen LogP contribution in [-0.4, -0.2) is 109 Å². The molecule has 9 rings (SSSR count). The molecule has 0 unspecified atom stereocenters. The summed E-state index contributed by atoms with van der Waals surface area (Å²) in [5.74, 6) is 0.539. The Kier molecular flexibility index (Phi) is 84.7. The lowest BCUT2D eigenvalue weighted by atomic mass is 9.87. The first kappa shape index (κ1) is 160. The van der Waals surface area contributed by atoms with Crippen molar-refractivity contribution in [3.63, 3.8) is 0 Å². The standard InChI is InChI=1S/C11H14Cl2.3C11H16.4C10H14.C8H10.C7H18N.C6H12O2.C5H13NO2S.C5H13O3P.C5H12O3S.2C3H6.2C2H5Cl/c1-11(2,3)7-8-9(12)5-4-6-10(8)13;3*1-11(2,3)9-10-7-5-4-6-8-10;4*1-10(2,3)9-7-5-4-6-8-9;1-2-8-6-4-3-5-7-8;1-7(2,3)8(4,5)6;1-6(2,3)4-5(7)8;1-5(2,3)6-9(4,7)8;2*1-5(2,3)4-9(6,7)8;2*1-3-2;2*1-2-3/h4-6H,7H2,1-3H3;3*4-8H,9H2,1-3H3;4*4-8H,1-3H3;3-7H,2H2,1H3;1-6H3;4H2,1-3H3,(H,7,8);6H,1-4H3;4H2,1-3H3,(H2,6,7,8);4H2,1-3H3,(H,6,7,8);2*3H,1H2,2H3;2*2H2,1H3/q;;;;;;;;;+1;;;;;;;;. The van der Waals surface area contributed by atoms with Crippen molar-refractivity contribution >= 4 is 80.1 Å². The third kappa shape index (κ3) is 123. The molecule has 0 amide bonds. The van der Waals surface area contributed by atoms with Crippen molar-refractivity contribution in [2.45, 2.75) is 376 Å². The number of carbonyl (C=O) groups is 1. The molecule has 0 bridgehead atoms. The summed E-state index contributed by atoms with van der Waals surface area (Å²) < 4.78 is 63.6. The average Bonchev–Trinajstić information content (AvgIpc) is 0.836. The van der Waals surface area contributed by atoms with Crippen molar-refractivity contribution in [2.24, 2.45) is 37.9 Å². The first-order chi connectivity index (χ1) is 66.9. The van der Waals surface area contributed by atoms with Crippen LogP contribution in [0.5, 0.6) is 0 Å². The van der Waals surface area contributed by atoms with Gasteiger partial charge < -0.3 is 19.4 Å². The summed E-state index contributed by atoms with van der Waals surface area (Å²) >= 11 is 22.1. The first-order valence-electron chi connectivity index (χ1n) is 52.0. The van der Waals surface area contributed by atoms with Gasteiger partial charge in [0, 0.05) is 27.3 Å². The molecule has 0 aliphatic rings. The van der Waals surface area contributed by atoms with Crippen LogP contribution >= 0.6 is 54.0 Å². The molecule has 0 aliphatic carbocycles. The van der Waals surface area contributed by atoms with Crippen LogP contribution in [0.2, 0.25) is 10.0 Å². The maximum absolute atomic E-state index is 10.5. The van der Waals surface area contributed by atoms with Crippen LogP contribution in [0.4, 0.5) is 0 Å². The minimum Gasteiger partial charge on any atom is -0.481 e. The monoisotopic (exact) mass is 2200 g/mol. The van der Waals surface area contributed by atoms with E-state index in [4.69, 9.17) is 65.8 Å². The molecule has 0 saturated heterocycles. The number of aryl methyl sites for hydroxylation is 1. The highest BCUT2D eigenvalue weighted by molar-refractivity contribution is 7.88. The van der Waals surface area contributed by atoms with E-state index in [2.05, 4.69) is 469 Å². The molecule has 0 fully saturated rings. The number of nitrogens with zero attached hydrogens (tertiary/aromatic N) is 1. The third-order valence-electron chi connectivity index (χ3n) is 18.8. The van der Waals surface area contributed by atoms with E-state index in [1.54, 1.807) is 74.5 Å². The van der Waals surface area contributed by atoms with E-state index in [1.165, 1.54) is 44.5 Å². The van der Waals surface area contributed by atoms with E-state index in [9.17, 15) is 26.2 Å². The number of quaternary nitrogens is 1. The number of allylic oxidation sites excluding steroid dienone is 2. The van der Waals surface area contributed by atoms with Crippen LogP contribution in [0.15, 0.2) is 286 Å². The molecule has 0 saturated carbocycles. The Morgan fingerprint density at radius 3 is 0.631 bits per heavy atom. The molecule has 12 nitrogen and oxygen atoms in total. The molecule has 0 aromatic heterocycles. The molecule has 852 valence electrons. The molecule has 149 heavy (non-hydrogen) atoms. The number of nitrogens with one attached hydrogen (secondary N) is 1. The van der Waals surface area contributed by atoms with Gasteiger partial charge in [0.1, 0.15) is 0 Å². The molecule has 5 N–H and O–H groups in total. The minimum atomic E-state index is -3.79. The summed E-state index contributed by atoms with van der Waals surface area (Å²) in [5, 5.41) is 9.78. The van der Waals surface area contributed by atoms with Crippen LogP contribution in [0, 0.1) is 37.9 Å². The Morgan fingerprint density at radius 2 is 0.544 bits per heavy atom. The van der Waals surface area contributed by atoms with Gasteiger partial charge in [-0.15, -0.1) is 36.4 Å². The van der Waals surface area contributed by atoms with Gasteiger partial charge in [-0.3, -0.25) is 13.9 Å². The average molecular weight is 2210 g/mol. The quantitative estimate of drug-likeness (QED) is 0.0305. The van der Waals surface area contributed by atoms with Gasteiger partial charge in [0.25, 0.3) is 10.1 Å². The Bertz CT molecular complexity index is 4620. The van der Waals surface area contributed by atoms with Crippen molar-refractivity contribution in [1.29, 1.82) is 0 Å². The fourth-order valence-electron chi connectivity index (χ4n) is 11.5. The smallest absolute Gasteiger partial charge is 0.326 e. The number of alkyl halides is 2. The predicted molar refractivity (Wildman–Crippen MR) is 669 cm³/mol. The number of hydrogen-bond acceptors (Lipinski definition) is 6. The first-order valence-corrected chi connectivity index (χ1v) is 59.1. The molecule has 0 radical (unpaired) electrons. The normalized spacial score (nSPS) is 11.5.